The standard InChI is InChI=1S/C7H19N3/c1-8-6-7(9(2)3)10(4)5/h7-8H,6H2,1-5H3. The van der Waals surface area contributed by atoms with Gasteiger partial charge in [0.2, 0.25) is 0 Å². The maximum atomic E-state index is 3.15. The monoisotopic (exact) mass is 145 g/mol. The van der Waals surface area contributed by atoms with Crippen LogP contribution in [0.25, 0.3) is 0 Å². The summed E-state index contributed by atoms with van der Waals surface area (Å²) in [7, 11) is 10.3. The molecule has 0 aliphatic rings. The molecule has 0 aromatic rings. The van der Waals surface area contributed by atoms with E-state index in [1.807, 2.05) is 7.05 Å². The zero-order valence-corrected chi connectivity index (χ0v) is 7.68. The minimum absolute atomic E-state index is 0.491. The zero-order chi connectivity index (χ0) is 8.15. The second-order valence-corrected chi connectivity index (χ2v) is 2.97. The van der Waals surface area contributed by atoms with Crippen molar-refractivity contribution in [2.75, 3.05) is 41.8 Å². The van der Waals surface area contributed by atoms with Crippen molar-refractivity contribution in [1.82, 2.24) is 15.1 Å². The summed E-state index contributed by atoms with van der Waals surface area (Å²) in [6.45, 7) is 1.00. The molecule has 0 rings (SSSR count). The molecule has 0 aliphatic carbocycles. The molecule has 3 nitrogen and oxygen atoms in total. The predicted molar refractivity (Wildman–Crippen MR) is 45.1 cm³/mol. The van der Waals surface area contributed by atoms with E-state index in [1.54, 1.807) is 0 Å². The number of rotatable bonds is 4. The summed E-state index contributed by atoms with van der Waals surface area (Å²) in [5.41, 5.74) is 0. The quantitative estimate of drug-likeness (QED) is 0.546. The van der Waals surface area contributed by atoms with E-state index in [2.05, 4.69) is 43.3 Å². The molecule has 1 N–H and O–H groups in total. The smallest absolute Gasteiger partial charge is 0.0741 e. The minimum Gasteiger partial charge on any atom is -0.317 e. The van der Waals surface area contributed by atoms with Crippen LogP contribution in [0, 0.1) is 0 Å². The lowest BCUT2D eigenvalue weighted by Gasteiger charge is -2.30. The van der Waals surface area contributed by atoms with Crippen LogP contribution in [0.4, 0.5) is 0 Å². The van der Waals surface area contributed by atoms with E-state index in [4.69, 9.17) is 0 Å². The SMILES string of the molecule is CNCC(N(C)C)N(C)C. The summed E-state index contributed by atoms with van der Waals surface area (Å²) >= 11 is 0. The number of nitrogens with one attached hydrogen (secondary N) is 1. The Morgan fingerprint density at radius 2 is 1.50 bits per heavy atom. The van der Waals surface area contributed by atoms with Crippen molar-refractivity contribution in [3.8, 4) is 0 Å². The molecule has 0 aliphatic heterocycles. The molecule has 0 unspecified atom stereocenters. The molecule has 0 aromatic heterocycles. The van der Waals surface area contributed by atoms with E-state index in [-0.39, 0.29) is 0 Å². The first-order valence-electron chi connectivity index (χ1n) is 3.57. The largest absolute Gasteiger partial charge is 0.317 e. The molecule has 62 valence electrons. The van der Waals surface area contributed by atoms with Gasteiger partial charge in [-0.2, -0.15) is 0 Å². The summed E-state index contributed by atoms with van der Waals surface area (Å²) < 4.78 is 0. The maximum absolute atomic E-state index is 3.15. The van der Waals surface area contributed by atoms with Crippen molar-refractivity contribution in [2.45, 2.75) is 6.17 Å². The molecule has 0 amide bonds. The van der Waals surface area contributed by atoms with Gasteiger partial charge in [0.15, 0.2) is 0 Å². The lowest BCUT2D eigenvalue weighted by Crippen LogP contribution is -2.46. The highest BCUT2D eigenvalue weighted by atomic mass is 15.3. The fraction of sp³-hybridized carbons (Fsp3) is 1.00. The first-order chi connectivity index (χ1) is 4.59. The molecule has 10 heavy (non-hydrogen) atoms. The van der Waals surface area contributed by atoms with Crippen molar-refractivity contribution in [1.29, 1.82) is 0 Å². The van der Waals surface area contributed by atoms with Crippen LogP contribution in [0.3, 0.4) is 0 Å². The molecule has 0 bridgehead atoms. The summed E-state index contributed by atoms with van der Waals surface area (Å²) in [4.78, 5) is 4.38. The van der Waals surface area contributed by atoms with Crippen molar-refractivity contribution in [3.63, 3.8) is 0 Å². The van der Waals surface area contributed by atoms with Crippen molar-refractivity contribution in [2.24, 2.45) is 0 Å². The Bertz CT molecular complexity index is 72.9. The zero-order valence-electron chi connectivity index (χ0n) is 7.68. The van der Waals surface area contributed by atoms with Crippen LogP contribution in [0.2, 0.25) is 0 Å². The van der Waals surface area contributed by atoms with Gasteiger partial charge in [0, 0.05) is 6.54 Å². The van der Waals surface area contributed by atoms with Gasteiger partial charge in [-0.3, -0.25) is 9.80 Å². The molecule has 0 saturated heterocycles. The minimum atomic E-state index is 0.491. The van der Waals surface area contributed by atoms with Gasteiger partial charge in [0.05, 0.1) is 6.17 Å². The van der Waals surface area contributed by atoms with Gasteiger partial charge in [0.1, 0.15) is 0 Å². The Hall–Kier alpha value is -0.120. The molecule has 0 atom stereocenters. The Labute approximate surface area is 64.0 Å². The first-order valence-corrected chi connectivity index (χ1v) is 3.57. The lowest BCUT2D eigenvalue weighted by molar-refractivity contribution is 0.130. The van der Waals surface area contributed by atoms with Crippen LogP contribution in [-0.4, -0.2) is 57.7 Å². The summed E-state index contributed by atoms with van der Waals surface area (Å²) in [5, 5.41) is 3.15. The van der Waals surface area contributed by atoms with Crippen LogP contribution < -0.4 is 5.32 Å². The Kier molecular flexibility index (Phi) is 4.60. The van der Waals surface area contributed by atoms with Gasteiger partial charge in [-0.15, -0.1) is 0 Å². The lowest BCUT2D eigenvalue weighted by atomic mass is 10.4. The number of hydrogen-bond acceptors (Lipinski definition) is 3. The van der Waals surface area contributed by atoms with Gasteiger partial charge >= 0.3 is 0 Å². The Morgan fingerprint density at radius 3 is 1.60 bits per heavy atom. The fourth-order valence-electron chi connectivity index (χ4n) is 1.01. The van der Waals surface area contributed by atoms with Crippen LogP contribution >= 0.6 is 0 Å². The third-order valence-electron chi connectivity index (χ3n) is 1.58. The van der Waals surface area contributed by atoms with E-state index < -0.39 is 0 Å². The second-order valence-electron chi connectivity index (χ2n) is 2.97. The number of nitrogens with zero attached hydrogens (tertiary/aromatic N) is 2. The maximum Gasteiger partial charge on any atom is 0.0741 e. The van der Waals surface area contributed by atoms with Gasteiger partial charge in [-0.1, -0.05) is 0 Å². The van der Waals surface area contributed by atoms with Crippen molar-refractivity contribution < 1.29 is 0 Å². The van der Waals surface area contributed by atoms with E-state index in [1.165, 1.54) is 0 Å². The highest BCUT2D eigenvalue weighted by Crippen LogP contribution is 1.93. The van der Waals surface area contributed by atoms with E-state index >= 15 is 0 Å². The fourth-order valence-corrected chi connectivity index (χ4v) is 1.01. The molecule has 3 heteroatoms. The highest BCUT2D eigenvalue weighted by Gasteiger charge is 2.10. The average molecular weight is 145 g/mol. The third-order valence-corrected chi connectivity index (χ3v) is 1.58. The first kappa shape index (κ1) is 9.88. The Morgan fingerprint density at radius 1 is 1.10 bits per heavy atom. The van der Waals surface area contributed by atoms with Crippen LogP contribution in [0.1, 0.15) is 0 Å². The number of hydrogen-bond donors (Lipinski definition) is 1. The molecule has 0 spiro atoms. The summed E-state index contributed by atoms with van der Waals surface area (Å²) in [5.74, 6) is 0. The van der Waals surface area contributed by atoms with E-state index in [0.717, 1.165) is 6.54 Å². The predicted octanol–water partition coefficient (Wildman–Crippen LogP) is -0.345. The summed E-state index contributed by atoms with van der Waals surface area (Å²) in [6.07, 6.45) is 0.491. The normalized spacial score (nSPS) is 12.0. The van der Waals surface area contributed by atoms with Crippen LogP contribution in [0.5, 0.6) is 0 Å². The molecular formula is C7H19N3. The highest BCUT2D eigenvalue weighted by molar-refractivity contribution is 4.63. The third kappa shape index (κ3) is 3.15. The van der Waals surface area contributed by atoms with Gasteiger partial charge in [0.25, 0.3) is 0 Å². The van der Waals surface area contributed by atoms with Crippen LogP contribution in [-0.2, 0) is 0 Å². The van der Waals surface area contributed by atoms with E-state index in [9.17, 15) is 0 Å². The molecule has 0 radical (unpaired) electrons. The van der Waals surface area contributed by atoms with E-state index in [0.29, 0.717) is 6.17 Å². The van der Waals surface area contributed by atoms with Crippen LogP contribution in [0.15, 0.2) is 0 Å². The molecule has 0 heterocycles. The Balaban J connectivity index is 3.73. The van der Waals surface area contributed by atoms with Gasteiger partial charge in [-0.05, 0) is 35.2 Å². The average Bonchev–Trinajstić information content (AvgIpc) is 1.81. The molecule has 0 aromatic carbocycles. The molecule has 0 saturated carbocycles. The topological polar surface area (TPSA) is 18.5 Å². The van der Waals surface area contributed by atoms with Crippen molar-refractivity contribution in [3.05, 3.63) is 0 Å². The second kappa shape index (κ2) is 4.66. The van der Waals surface area contributed by atoms with Crippen molar-refractivity contribution >= 4 is 0 Å². The van der Waals surface area contributed by atoms with Gasteiger partial charge in [-0.25, -0.2) is 0 Å². The number of likely N-dealkylation sites (N-methyl/N-ethyl adjacent to an activating group) is 3. The molecular weight excluding hydrogens is 126 g/mol. The van der Waals surface area contributed by atoms with Gasteiger partial charge < -0.3 is 5.32 Å². The summed E-state index contributed by atoms with van der Waals surface area (Å²) in [6, 6.07) is 0. The molecule has 0 fully saturated rings.